The van der Waals surface area contributed by atoms with Crippen LogP contribution >= 0.6 is 27.3 Å². The first-order valence-electron chi connectivity index (χ1n) is 5.79. The van der Waals surface area contributed by atoms with E-state index in [4.69, 9.17) is 9.47 Å². The van der Waals surface area contributed by atoms with Crippen LogP contribution in [0.5, 0.6) is 5.88 Å². The molecule has 0 spiro atoms. The molecule has 20 heavy (non-hydrogen) atoms. The van der Waals surface area contributed by atoms with Gasteiger partial charge in [0.1, 0.15) is 15.9 Å². The van der Waals surface area contributed by atoms with Gasteiger partial charge in [-0.15, -0.1) is 0 Å². The van der Waals surface area contributed by atoms with Gasteiger partial charge in [-0.2, -0.15) is 4.98 Å². The summed E-state index contributed by atoms with van der Waals surface area (Å²) >= 11 is 4.60. The highest BCUT2D eigenvalue weighted by Gasteiger charge is 2.18. The molecule has 8 heteroatoms. The summed E-state index contributed by atoms with van der Waals surface area (Å²) in [7, 11) is 1.54. The molecular formula is C12H14BrN3O3S. The second-order valence-corrected chi connectivity index (χ2v) is 6.78. The first-order chi connectivity index (χ1) is 9.28. The normalized spacial score (nSPS) is 11.4. The Morgan fingerprint density at radius 3 is 2.70 bits per heavy atom. The van der Waals surface area contributed by atoms with Gasteiger partial charge in [-0.1, -0.05) is 11.3 Å². The smallest absolute Gasteiger partial charge is 0.413 e. The molecule has 0 saturated carbocycles. The van der Waals surface area contributed by atoms with Crippen LogP contribution in [0, 0.1) is 0 Å². The van der Waals surface area contributed by atoms with Crippen LogP contribution in [0.4, 0.5) is 9.93 Å². The zero-order valence-electron chi connectivity index (χ0n) is 11.5. The summed E-state index contributed by atoms with van der Waals surface area (Å²) in [4.78, 5) is 20.9. The molecule has 2 rings (SSSR count). The summed E-state index contributed by atoms with van der Waals surface area (Å²) in [6.07, 6.45) is -0.539. The number of nitrogens with zero attached hydrogens (tertiary/aromatic N) is 2. The van der Waals surface area contributed by atoms with E-state index in [1.54, 1.807) is 33.9 Å². The van der Waals surface area contributed by atoms with Crippen molar-refractivity contribution in [1.82, 2.24) is 9.97 Å². The Labute approximate surface area is 128 Å². The molecule has 2 heterocycles. The molecule has 0 atom stereocenters. The quantitative estimate of drug-likeness (QED) is 0.882. The van der Waals surface area contributed by atoms with Gasteiger partial charge in [-0.05, 0) is 42.8 Å². The number of hydrogen-bond donors (Lipinski definition) is 1. The molecule has 0 bridgehead atoms. The number of pyridine rings is 1. The lowest BCUT2D eigenvalue weighted by atomic mass is 10.2. The zero-order valence-corrected chi connectivity index (χ0v) is 13.9. The Hall–Kier alpha value is -1.41. The summed E-state index contributed by atoms with van der Waals surface area (Å²) in [5.41, 5.74) is 0.124. The van der Waals surface area contributed by atoms with E-state index in [2.05, 4.69) is 31.2 Å². The Morgan fingerprint density at radius 2 is 2.10 bits per heavy atom. The van der Waals surface area contributed by atoms with Gasteiger partial charge >= 0.3 is 6.09 Å². The van der Waals surface area contributed by atoms with Gasteiger partial charge < -0.3 is 9.47 Å². The SMILES string of the molecule is COc1nc2sc(NC(=O)OC(C)(C)C)nc2cc1Br. The van der Waals surface area contributed by atoms with Crippen molar-refractivity contribution in [2.75, 3.05) is 12.4 Å². The van der Waals surface area contributed by atoms with E-state index in [0.717, 1.165) is 0 Å². The zero-order chi connectivity index (χ0) is 14.9. The summed E-state index contributed by atoms with van der Waals surface area (Å²) in [5, 5.41) is 3.03. The molecule has 2 aromatic rings. The topological polar surface area (TPSA) is 73.3 Å². The Balaban J connectivity index is 2.22. The van der Waals surface area contributed by atoms with Crippen molar-refractivity contribution in [3.8, 4) is 5.88 Å². The molecule has 108 valence electrons. The standard InChI is InChI=1S/C12H14BrN3O3S/c1-12(2,3)19-11(17)16-10-14-7-5-6(13)8(18-4)15-9(7)20-10/h5H,1-4H3,(H,14,16,17). The number of ether oxygens (including phenoxy) is 2. The molecule has 0 aliphatic rings. The second-order valence-electron chi connectivity index (χ2n) is 4.95. The minimum atomic E-state index is -0.550. The van der Waals surface area contributed by atoms with Crippen molar-refractivity contribution in [1.29, 1.82) is 0 Å². The third kappa shape index (κ3) is 3.57. The van der Waals surface area contributed by atoms with Gasteiger partial charge in [0, 0.05) is 0 Å². The van der Waals surface area contributed by atoms with E-state index in [0.29, 0.717) is 25.8 Å². The molecule has 0 aliphatic carbocycles. The van der Waals surface area contributed by atoms with Crippen molar-refractivity contribution in [3.63, 3.8) is 0 Å². The van der Waals surface area contributed by atoms with E-state index in [9.17, 15) is 4.79 Å². The molecule has 0 saturated heterocycles. The maximum absolute atomic E-state index is 11.7. The molecule has 0 aromatic carbocycles. The van der Waals surface area contributed by atoms with Crippen molar-refractivity contribution < 1.29 is 14.3 Å². The first kappa shape index (κ1) is 15.0. The highest BCUT2D eigenvalue weighted by molar-refractivity contribution is 9.10. The van der Waals surface area contributed by atoms with Crippen LogP contribution in [0.15, 0.2) is 10.5 Å². The van der Waals surface area contributed by atoms with E-state index in [-0.39, 0.29) is 0 Å². The molecule has 0 unspecified atom stereocenters. The number of carbonyl (C=O) groups excluding carboxylic acids is 1. The van der Waals surface area contributed by atoms with Crippen molar-refractivity contribution in [3.05, 3.63) is 10.5 Å². The van der Waals surface area contributed by atoms with Gasteiger partial charge in [-0.25, -0.2) is 9.78 Å². The molecule has 2 aromatic heterocycles. The number of thiazole rings is 1. The summed E-state index contributed by atoms with van der Waals surface area (Å²) in [5.74, 6) is 0.477. The van der Waals surface area contributed by atoms with Crippen molar-refractivity contribution in [2.24, 2.45) is 0 Å². The maximum Gasteiger partial charge on any atom is 0.413 e. The van der Waals surface area contributed by atoms with E-state index in [1.807, 2.05) is 0 Å². The van der Waals surface area contributed by atoms with Gasteiger partial charge in [0.2, 0.25) is 5.88 Å². The summed E-state index contributed by atoms with van der Waals surface area (Å²) in [6, 6.07) is 1.79. The van der Waals surface area contributed by atoms with Crippen LogP contribution in [-0.2, 0) is 4.74 Å². The molecule has 1 amide bonds. The lowest BCUT2D eigenvalue weighted by Gasteiger charge is -2.18. The number of carbonyl (C=O) groups is 1. The highest BCUT2D eigenvalue weighted by Crippen LogP contribution is 2.31. The van der Waals surface area contributed by atoms with Crippen LogP contribution in [0.3, 0.4) is 0 Å². The molecule has 0 aliphatic heterocycles. The lowest BCUT2D eigenvalue weighted by molar-refractivity contribution is 0.0636. The number of halogens is 1. The van der Waals surface area contributed by atoms with E-state index >= 15 is 0 Å². The molecule has 6 nitrogen and oxygen atoms in total. The second kappa shape index (κ2) is 5.53. The highest BCUT2D eigenvalue weighted by atomic mass is 79.9. The summed E-state index contributed by atoms with van der Waals surface area (Å²) < 4.78 is 11.0. The van der Waals surface area contributed by atoms with Crippen LogP contribution in [-0.4, -0.2) is 28.8 Å². The molecule has 0 radical (unpaired) electrons. The summed E-state index contributed by atoms with van der Waals surface area (Å²) in [6.45, 7) is 5.40. The fourth-order valence-corrected chi connectivity index (χ4v) is 2.68. The maximum atomic E-state index is 11.7. The Kier molecular flexibility index (Phi) is 4.14. The van der Waals surface area contributed by atoms with Crippen molar-refractivity contribution >= 4 is 48.8 Å². The van der Waals surface area contributed by atoms with Crippen LogP contribution in [0.25, 0.3) is 10.3 Å². The third-order valence-corrected chi connectivity index (χ3v) is 3.56. The third-order valence-electron chi connectivity index (χ3n) is 2.11. The number of aromatic nitrogens is 2. The number of anilines is 1. The Bertz CT molecular complexity index is 651. The molecular weight excluding hydrogens is 346 g/mol. The average Bonchev–Trinajstić information content (AvgIpc) is 2.66. The number of nitrogens with one attached hydrogen (secondary N) is 1. The van der Waals surface area contributed by atoms with E-state index in [1.165, 1.54) is 11.3 Å². The monoisotopic (exact) mass is 359 g/mol. The van der Waals surface area contributed by atoms with Crippen LogP contribution < -0.4 is 10.1 Å². The predicted molar refractivity (Wildman–Crippen MR) is 81.5 cm³/mol. The van der Waals surface area contributed by atoms with Gasteiger partial charge in [0.15, 0.2) is 5.13 Å². The predicted octanol–water partition coefficient (Wildman–Crippen LogP) is 3.81. The molecule has 0 fully saturated rings. The fourth-order valence-electron chi connectivity index (χ4n) is 1.41. The molecule has 1 N–H and O–H groups in total. The Morgan fingerprint density at radius 1 is 1.40 bits per heavy atom. The minimum Gasteiger partial charge on any atom is -0.480 e. The number of hydrogen-bond acceptors (Lipinski definition) is 6. The van der Waals surface area contributed by atoms with E-state index < -0.39 is 11.7 Å². The minimum absolute atomic E-state index is 0.432. The lowest BCUT2D eigenvalue weighted by Crippen LogP contribution is -2.27. The fraction of sp³-hybridized carbons (Fsp3) is 0.417. The number of fused-ring (bicyclic) bond motifs is 1. The van der Waals surface area contributed by atoms with Crippen molar-refractivity contribution in [2.45, 2.75) is 26.4 Å². The van der Waals surface area contributed by atoms with Gasteiger partial charge in [0.25, 0.3) is 0 Å². The number of amides is 1. The van der Waals surface area contributed by atoms with Gasteiger partial charge in [0.05, 0.1) is 11.6 Å². The van der Waals surface area contributed by atoms with Gasteiger partial charge in [-0.3, -0.25) is 5.32 Å². The largest absolute Gasteiger partial charge is 0.480 e. The van der Waals surface area contributed by atoms with Crippen LogP contribution in [0.2, 0.25) is 0 Å². The average molecular weight is 360 g/mol. The number of rotatable bonds is 2. The number of methoxy groups -OCH3 is 1. The first-order valence-corrected chi connectivity index (χ1v) is 7.40. The van der Waals surface area contributed by atoms with Crippen LogP contribution in [0.1, 0.15) is 20.8 Å².